The largest absolute Gasteiger partial charge is 0.480 e. The van der Waals surface area contributed by atoms with E-state index in [1.54, 1.807) is 12.4 Å². The highest BCUT2D eigenvalue weighted by Gasteiger charge is 2.16. The first-order valence-electron chi connectivity index (χ1n) is 4.68. The molecule has 0 radical (unpaired) electrons. The molecule has 78 valence electrons. The van der Waals surface area contributed by atoms with Crippen molar-refractivity contribution in [1.29, 1.82) is 0 Å². The van der Waals surface area contributed by atoms with Crippen LogP contribution >= 0.6 is 0 Å². The summed E-state index contributed by atoms with van der Waals surface area (Å²) in [5.74, 6) is 0.817. The minimum Gasteiger partial charge on any atom is -0.480 e. The van der Waals surface area contributed by atoms with E-state index in [2.05, 4.69) is 9.97 Å². The van der Waals surface area contributed by atoms with Gasteiger partial charge in [-0.05, 0) is 12.3 Å². The molecule has 1 aromatic rings. The third-order valence-electron chi connectivity index (χ3n) is 1.89. The number of methoxy groups -OCH3 is 1. The van der Waals surface area contributed by atoms with Gasteiger partial charge >= 0.3 is 0 Å². The Kier molecular flexibility index (Phi) is 3.83. The lowest BCUT2D eigenvalue weighted by Gasteiger charge is -2.13. The highest BCUT2D eigenvalue weighted by molar-refractivity contribution is 5.19. The Balaban J connectivity index is 2.82. The molecule has 14 heavy (non-hydrogen) atoms. The summed E-state index contributed by atoms with van der Waals surface area (Å²) in [7, 11) is 1.52. The molecule has 0 fully saturated rings. The Hall–Kier alpha value is -1.16. The SMILES string of the molecule is COc1nccnc1C(O)CC(C)C. The summed E-state index contributed by atoms with van der Waals surface area (Å²) in [6.45, 7) is 4.10. The lowest BCUT2D eigenvalue weighted by Crippen LogP contribution is -2.07. The van der Waals surface area contributed by atoms with Gasteiger partial charge in [-0.3, -0.25) is 4.98 Å². The first-order chi connectivity index (χ1) is 6.65. The molecular formula is C10H16N2O2. The van der Waals surface area contributed by atoms with E-state index in [1.165, 1.54) is 7.11 Å². The van der Waals surface area contributed by atoms with Gasteiger partial charge in [0.05, 0.1) is 7.11 Å². The molecule has 1 atom stereocenters. The van der Waals surface area contributed by atoms with Gasteiger partial charge < -0.3 is 9.84 Å². The van der Waals surface area contributed by atoms with E-state index < -0.39 is 6.10 Å². The molecule has 1 rings (SSSR count). The molecule has 1 N–H and O–H groups in total. The van der Waals surface area contributed by atoms with Crippen molar-refractivity contribution in [2.75, 3.05) is 7.11 Å². The van der Waals surface area contributed by atoms with E-state index >= 15 is 0 Å². The third-order valence-corrected chi connectivity index (χ3v) is 1.89. The molecule has 0 aliphatic carbocycles. The molecule has 0 saturated carbocycles. The van der Waals surface area contributed by atoms with Crippen LogP contribution in [-0.2, 0) is 0 Å². The average Bonchev–Trinajstić information content (AvgIpc) is 2.16. The van der Waals surface area contributed by atoms with E-state index in [4.69, 9.17) is 4.74 Å². The summed E-state index contributed by atoms with van der Waals surface area (Å²) in [6, 6.07) is 0. The van der Waals surface area contributed by atoms with Gasteiger partial charge in [-0.15, -0.1) is 0 Å². The highest BCUT2D eigenvalue weighted by Crippen LogP contribution is 2.24. The maximum Gasteiger partial charge on any atom is 0.238 e. The summed E-state index contributed by atoms with van der Waals surface area (Å²) in [5.41, 5.74) is 0.517. The number of hydrogen-bond acceptors (Lipinski definition) is 4. The zero-order valence-corrected chi connectivity index (χ0v) is 8.77. The van der Waals surface area contributed by atoms with Crippen molar-refractivity contribution >= 4 is 0 Å². The predicted molar refractivity (Wildman–Crippen MR) is 53.0 cm³/mol. The van der Waals surface area contributed by atoms with Crippen LogP contribution in [0.15, 0.2) is 12.4 Å². The van der Waals surface area contributed by atoms with Crippen LogP contribution in [0.25, 0.3) is 0 Å². The van der Waals surface area contributed by atoms with Crippen LogP contribution in [0.3, 0.4) is 0 Å². The fourth-order valence-corrected chi connectivity index (χ4v) is 1.28. The van der Waals surface area contributed by atoms with E-state index in [0.29, 0.717) is 23.9 Å². The standard InChI is InChI=1S/C10H16N2O2/c1-7(2)6-8(13)9-10(14-3)12-5-4-11-9/h4-5,7-8,13H,6H2,1-3H3. The molecule has 0 spiro atoms. The predicted octanol–water partition coefficient (Wildman–Crippen LogP) is 1.56. The monoisotopic (exact) mass is 196 g/mol. The van der Waals surface area contributed by atoms with Gasteiger partial charge in [-0.1, -0.05) is 13.8 Å². The van der Waals surface area contributed by atoms with Crippen molar-refractivity contribution in [3.8, 4) is 5.88 Å². The number of rotatable bonds is 4. The topological polar surface area (TPSA) is 55.2 Å². The molecule has 0 aliphatic heterocycles. The zero-order chi connectivity index (χ0) is 10.6. The summed E-state index contributed by atoms with van der Waals surface area (Å²) in [5, 5.41) is 9.82. The Bertz CT molecular complexity index is 289. The fourth-order valence-electron chi connectivity index (χ4n) is 1.28. The van der Waals surface area contributed by atoms with Crippen LogP contribution in [0.5, 0.6) is 5.88 Å². The van der Waals surface area contributed by atoms with Gasteiger partial charge in [0, 0.05) is 12.4 Å². The Morgan fingerprint density at radius 1 is 1.36 bits per heavy atom. The molecule has 0 aliphatic rings. The lowest BCUT2D eigenvalue weighted by molar-refractivity contribution is 0.141. The molecule has 4 nitrogen and oxygen atoms in total. The molecule has 0 aromatic carbocycles. The highest BCUT2D eigenvalue weighted by atomic mass is 16.5. The summed E-state index contributed by atoms with van der Waals surface area (Å²) in [6.07, 6.45) is 3.17. The average molecular weight is 196 g/mol. The number of nitrogens with zero attached hydrogens (tertiary/aromatic N) is 2. The van der Waals surface area contributed by atoms with Crippen LogP contribution in [0.4, 0.5) is 0 Å². The second kappa shape index (κ2) is 4.91. The molecule has 0 bridgehead atoms. The van der Waals surface area contributed by atoms with Crippen LogP contribution in [-0.4, -0.2) is 22.2 Å². The van der Waals surface area contributed by atoms with E-state index in [9.17, 15) is 5.11 Å². The molecule has 1 aromatic heterocycles. The van der Waals surface area contributed by atoms with Gasteiger partial charge in [0.15, 0.2) is 0 Å². The first kappa shape index (κ1) is 10.9. The summed E-state index contributed by atoms with van der Waals surface area (Å²) >= 11 is 0. The molecule has 0 amide bonds. The van der Waals surface area contributed by atoms with Gasteiger partial charge in [-0.25, -0.2) is 4.98 Å². The quantitative estimate of drug-likeness (QED) is 0.794. The van der Waals surface area contributed by atoms with Gasteiger partial charge in [0.25, 0.3) is 0 Å². The number of aliphatic hydroxyl groups excluding tert-OH is 1. The molecule has 1 heterocycles. The van der Waals surface area contributed by atoms with Gasteiger partial charge in [0.1, 0.15) is 11.8 Å². The Morgan fingerprint density at radius 3 is 2.57 bits per heavy atom. The maximum atomic E-state index is 9.82. The summed E-state index contributed by atoms with van der Waals surface area (Å²) < 4.78 is 5.01. The summed E-state index contributed by atoms with van der Waals surface area (Å²) in [4.78, 5) is 8.05. The van der Waals surface area contributed by atoms with Crippen LogP contribution in [0.2, 0.25) is 0 Å². The molecule has 1 unspecified atom stereocenters. The minimum absolute atomic E-state index is 0.403. The Morgan fingerprint density at radius 2 is 2.00 bits per heavy atom. The molecule has 4 heteroatoms. The number of hydrogen-bond donors (Lipinski definition) is 1. The van der Waals surface area contributed by atoms with Crippen molar-refractivity contribution in [2.45, 2.75) is 26.4 Å². The van der Waals surface area contributed by atoms with Crippen LogP contribution < -0.4 is 4.74 Å². The van der Waals surface area contributed by atoms with Gasteiger partial charge in [-0.2, -0.15) is 0 Å². The van der Waals surface area contributed by atoms with Crippen molar-refractivity contribution in [3.05, 3.63) is 18.1 Å². The Labute approximate surface area is 84.0 Å². The second-order valence-corrected chi connectivity index (χ2v) is 3.60. The minimum atomic E-state index is -0.598. The van der Waals surface area contributed by atoms with Crippen molar-refractivity contribution in [2.24, 2.45) is 5.92 Å². The van der Waals surface area contributed by atoms with Crippen LogP contribution in [0.1, 0.15) is 32.1 Å². The lowest BCUT2D eigenvalue weighted by atomic mass is 10.0. The smallest absolute Gasteiger partial charge is 0.238 e. The molecule has 0 saturated heterocycles. The zero-order valence-electron chi connectivity index (χ0n) is 8.77. The van der Waals surface area contributed by atoms with E-state index in [0.717, 1.165) is 0 Å². The van der Waals surface area contributed by atoms with E-state index in [-0.39, 0.29) is 0 Å². The van der Waals surface area contributed by atoms with Crippen LogP contribution in [0, 0.1) is 5.92 Å². The fraction of sp³-hybridized carbons (Fsp3) is 0.600. The van der Waals surface area contributed by atoms with Crippen molar-refractivity contribution in [3.63, 3.8) is 0 Å². The van der Waals surface area contributed by atoms with E-state index in [1.807, 2.05) is 13.8 Å². The first-order valence-corrected chi connectivity index (χ1v) is 4.68. The third kappa shape index (κ3) is 2.67. The maximum absolute atomic E-state index is 9.82. The molecular weight excluding hydrogens is 180 g/mol. The second-order valence-electron chi connectivity index (χ2n) is 3.60. The van der Waals surface area contributed by atoms with Crippen molar-refractivity contribution in [1.82, 2.24) is 9.97 Å². The number of ether oxygens (including phenoxy) is 1. The van der Waals surface area contributed by atoms with Gasteiger partial charge in [0.2, 0.25) is 5.88 Å². The number of aliphatic hydroxyl groups is 1. The normalized spacial score (nSPS) is 12.9. The van der Waals surface area contributed by atoms with Crippen molar-refractivity contribution < 1.29 is 9.84 Å². The number of aromatic nitrogens is 2.